The summed E-state index contributed by atoms with van der Waals surface area (Å²) < 4.78 is 15.3. The number of imidazole rings is 1. The molecule has 0 bridgehead atoms. The average Bonchev–Trinajstić information content (AvgIpc) is 3.52. The van der Waals surface area contributed by atoms with Crippen molar-refractivity contribution in [2.24, 2.45) is 0 Å². The minimum atomic E-state index is -1.77. The van der Waals surface area contributed by atoms with E-state index in [0.29, 0.717) is 29.2 Å². The predicted molar refractivity (Wildman–Crippen MR) is 149 cm³/mol. The van der Waals surface area contributed by atoms with E-state index in [-0.39, 0.29) is 52.6 Å². The number of likely N-dealkylation sites (N-methyl/N-ethyl adjacent to an activating group) is 1. The number of carbonyl (C=O) groups excluding carboxylic acids is 4. The summed E-state index contributed by atoms with van der Waals surface area (Å²) in [5.74, 6) is -3.77. The highest BCUT2D eigenvalue weighted by Crippen LogP contribution is 2.39. The minimum absolute atomic E-state index is 0.00718. The minimum Gasteiger partial charge on any atom is -0.468 e. The van der Waals surface area contributed by atoms with Gasteiger partial charge in [-0.2, -0.15) is 0 Å². The second-order valence-electron chi connectivity index (χ2n) is 9.46. The van der Waals surface area contributed by atoms with Gasteiger partial charge in [0.05, 0.1) is 66.6 Å². The van der Waals surface area contributed by atoms with Crippen molar-refractivity contribution in [2.75, 3.05) is 27.9 Å². The Morgan fingerprint density at radius 1 is 1.14 bits per heavy atom. The number of nitro benzene ring substituents is 1. The molecule has 1 aromatic carbocycles. The molecule has 0 saturated carbocycles. The molecule has 42 heavy (non-hydrogen) atoms. The lowest BCUT2D eigenvalue weighted by atomic mass is 9.94. The second kappa shape index (κ2) is 13.4. The normalized spacial score (nSPS) is 11.7. The molecule has 1 amide bonds. The van der Waals surface area contributed by atoms with Gasteiger partial charge >= 0.3 is 11.9 Å². The number of esters is 2. The Hall–Kier alpha value is -4.56. The molecule has 0 aliphatic rings. The third-order valence-corrected chi connectivity index (χ3v) is 6.84. The zero-order chi connectivity index (χ0) is 31.3. The van der Waals surface area contributed by atoms with Crippen molar-refractivity contribution in [3.8, 4) is 11.3 Å². The van der Waals surface area contributed by atoms with Crippen molar-refractivity contribution in [1.82, 2.24) is 19.9 Å². The van der Waals surface area contributed by atoms with E-state index in [4.69, 9.17) is 25.8 Å². The number of nitro groups is 1. The maximum atomic E-state index is 12.9. The largest absolute Gasteiger partial charge is 0.468 e. The number of aromatic amines is 2. The molecular formula is C27H30ClN5O9. The summed E-state index contributed by atoms with van der Waals surface area (Å²) in [7, 11) is 3.67. The highest BCUT2D eigenvalue weighted by atomic mass is 35.5. The molecule has 0 fully saturated rings. The molecule has 0 radical (unpaired) electrons. The Labute approximate surface area is 245 Å². The van der Waals surface area contributed by atoms with Gasteiger partial charge in [-0.05, 0) is 39.0 Å². The van der Waals surface area contributed by atoms with Crippen molar-refractivity contribution < 1.29 is 38.3 Å². The number of hydrogen-bond donors (Lipinski definition) is 2. The molecule has 0 aliphatic carbocycles. The molecule has 3 rings (SSSR count). The second-order valence-corrected chi connectivity index (χ2v) is 9.87. The highest BCUT2D eigenvalue weighted by molar-refractivity contribution is 6.33. The number of carbonyl (C=O) groups is 4. The number of methoxy groups -OCH3 is 2. The number of hydrogen-bond acceptors (Lipinski definition) is 10. The SMILES string of the molecule is COC(=O)C(C(=O)OC)c1cc(-c2nc(C)[nH]c2COCC(C)N(C)C(=O)c2cc(C)[nH]c2C=O)cc(Cl)c1[N+](=O)[O-]. The molecular weight excluding hydrogens is 574 g/mol. The zero-order valence-electron chi connectivity index (χ0n) is 23.8. The monoisotopic (exact) mass is 603 g/mol. The molecule has 1 unspecified atom stereocenters. The first-order valence-electron chi connectivity index (χ1n) is 12.5. The van der Waals surface area contributed by atoms with Crippen LogP contribution in [0.15, 0.2) is 18.2 Å². The fraction of sp³-hybridized carbons (Fsp3) is 0.370. The van der Waals surface area contributed by atoms with Crippen LogP contribution in [0.2, 0.25) is 5.02 Å². The third-order valence-electron chi connectivity index (χ3n) is 6.55. The van der Waals surface area contributed by atoms with Crippen molar-refractivity contribution in [2.45, 2.75) is 39.3 Å². The smallest absolute Gasteiger partial charge is 0.324 e. The van der Waals surface area contributed by atoms with E-state index in [0.717, 1.165) is 14.2 Å². The number of nitrogens with one attached hydrogen (secondary N) is 2. The number of halogens is 1. The summed E-state index contributed by atoms with van der Waals surface area (Å²) in [6.45, 7) is 5.31. The number of nitrogens with zero attached hydrogens (tertiary/aromatic N) is 3. The van der Waals surface area contributed by atoms with E-state index in [9.17, 15) is 29.3 Å². The first-order chi connectivity index (χ1) is 19.8. The number of rotatable bonds is 12. The van der Waals surface area contributed by atoms with Crippen molar-refractivity contribution in [3.05, 3.63) is 67.4 Å². The lowest BCUT2D eigenvalue weighted by Gasteiger charge is -2.24. The van der Waals surface area contributed by atoms with Gasteiger partial charge in [-0.3, -0.25) is 29.3 Å². The number of aryl methyl sites for hydroxylation is 2. The average molecular weight is 604 g/mol. The van der Waals surface area contributed by atoms with Crippen LogP contribution in [0.1, 0.15) is 56.5 Å². The number of amides is 1. The van der Waals surface area contributed by atoms with Crippen molar-refractivity contribution in [1.29, 1.82) is 0 Å². The quantitative estimate of drug-likeness (QED) is 0.102. The zero-order valence-corrected chi connectivity index (χ0v) is 24.5. The summed E-state index contributed by atoms with van der Waals surface area (Å²) in [5.41, 5.74) is 1.21. The summed E-state index contributed by atoms with van der Waals surface area (Å²) in [6, 6.07) is 3.78. The van der Waals surface area contributed by atoms with E-state index < -0.39 is 28.5 Å². The van der Waals surface area contributed by atoms with Crippen LogP contribution < -0.4 is 0 Å². The topological polar surface area (TPSA) is 187 Å². The summed E-state index contributed by atoms with van der Waals surface area (Å²) in [4.78, 5) is 72.1. The van der Waals surface area contributed by atoms with Gasteiger partial charge < -0.3 is 29.1 Å². The summed E-state index contributed by atoms with van der Waals surface area (Å²) in [5, 5.41) is 11.5. The van der Waals surface area contributed by atoms with Crippen LogP contribution in [0, 0.1) is 24.0 Å². The Morgan fingerprint density at radius 2 is 1.79 bits per heavy atom. The van der Waals surface area contributed by atoms with Crippen LogP contribution in [-0.2, 0) is 30.4 Å². The van der Waals surface area contributed by atoms with E-state index in [1.165, 1.54) is 17.0 Å². The highest BCUT2D eigenvalue weighted by Gasteiger charge is 2.38. The van der Waals surface area contributed by atoms with Crippen LogP contribution in [0.3, 0.4) is 0 Å². The fourth-order valence-electron chi connectivity index (χ4n) is 4.35. The van der Waals surface area contributed by atoms with Crippen LogP contribution in [0.5, 0.6) is 0 Å². The van der Waals surface area contributed by atoms with Crippen LogP contribution >= 0.6 is 11.6 Å². The van der Waals surface area contributed by atoms with E-state index in [1.54, 1.807) is 33.9 Å². The molecule has 15 heteroatoms. The Bertz CT molecular complexity index is 1510. The van der Waals surface area contributed by atoms with Gasteiger partial charge in [0.25, 0.3) is 11.6 Å². The molecule has 0 saturated heterocycles. The van der Waals surface area contributed by atoms with Gasteiger partial charge in [0, 0.05) is 18.3 Å². The maximum absolute atomic E-state index is 12.9. The summed E-state index contributed by atoms with van der Waals surface area (Å²) >= 11 is 6.29. The Morgan fingerprint density at radius 3 is 2.36 bits per heavy atom. The van der Waals surface area contributed by atoms with Gasteiger partial charge in [0.2, 0.25) is 0 Å². The fourth-order valence-corrected chi connectivity index (χ4v) is 4.65. The van der Waals surface area contributed by atoms with Gasteiger partial charge in [-0.1, -0.05) is 11.6 Å². The predicted octanol–water partition coefficient (Wildman–Crippen LogP) is 3.50. The third kappa shape index (κ3) is 6.66. The van der Waals surface area contributed by atoms with Gasteiger partial charge in [-0.15, -0.1) is 0 Å². The van der Waals surface area contributed by atoms with Gasteiger partial charge in [-0.25, -0.2) is 4.98 Å². The van der Waals surface area contributed by atoms with Crippen molar-refractivity contribution in [3.63, 3.8) is 0 Å². The number of ether oxygens (including phenoxy) is 3. The Balaban J connectivity index is 1.88. The number of benzene rings is 1. The molecule has 2 N–H and O–H groups in total. The first-order valence-corrected chi connectivity index (χ1v) is 12.9. The first kappa shape index (κ1) is 32.0. The number of H-pyrrole nitrogens is 2. The van der Waals surface area contributed by atoms with Crippen LogP contribution in [0.4, 0.5) is 5.69 Å². The lowest BCUT2D eigenvalue weighted by Crippen LogP contribution is -2.38. The molecule has 0 aliphatic heterocycles. The lowest BCUT2D eigenvalue weighted by molar-refractivity contribution is -0.385. The van der Waals surface area contributed by atoms with Gasteiger partial charge in [0.1, 0.15) is 10.8 Å². The Kier molecular flexibility index (Phi) is 10.2. The molecule has 14 nitrogen and oxygen atoms in total. The standard InChI is InChI=1S/C27H30ClN5O9/c1-13-7-17(20(10-34)29-13)25(35)32(4)14(2)11-42-12-21-23(31-15(3)30-21)16-8-18(24(33(38)39)19(28)9-16)22(26(36)40-5)27(37)41-6/h7-10,14,22,29H,11-12H2,1-6H3,(H,30,31). The van der Waals surface area contributed by atoms with E-state index >= 15 is 0 Å². The molecule has 1 atom stereocenters. The molecule has 2 heterocycles. The van der Waals surface area contributed by atoms with E-state index in [1.807, 2.05) is 0 Å². The maximum Gasteiger partial charge on any atom is 0.324 e. The molecule has 2 aromatic heterocycles. The number of aromatic nitrogens is 3. The van der Waals surface area contributed by atoms with Crippen LogP contribution in [0.25, 0.3) is 11.3 Å². The molecule has 224 valence electrons. The van der Waals surface area contributed by atoms with Crippen LogP contribution in [-0.4, -0.2) is 82.8 Å². The van der Waals surface area contributed by atoms with Crippen molar-refractivity contribution >= 4 is 41.4 Å². The molecule has 0 spiro atoms. The summed E-state index contributed by atoms with van der Waals surface area (Å²) in [6.07, 6.45) is 0.589. The van der Waals surface area contributed by atoms with Gasteiger partial charge in [0.15, 0.2) is 12.2 Å². The molecule has 3 aromatic rings. The van der Waals surface area contributed by atoms with E-state index in [2.05, 4.69) is 15.0 Å². The number of aldehydes is 1.